The maximum atomic E-state index is 12.2. The van der Waals surface area contributed by atoms with Gasteiger partial charge in [0.1, 0.15) is 6.10 Å². The zero-order chi connectivity index (χ0) is 25.7. The third-order valence-electron chi connectivity index (χ3n) is 5.84. The van der Waals surface area contributed by atoms with Gasteiger partial charge in [-0.05, 0) is 62.2 Å². The van der Waals surface area contributed by atoms with Crippen molar-refractivity contribution in [2.24, 2.45) is 0 Å². The van der Waals surface area contributed by atoms with Crippen LogP contribution in [-0.2, 0) is 16.3 Å². The molecule has 0 saturated heterocycles. The number of aromatic nitrogens is 2. The lowest BCUT2D eigenvalue weighted by atomic mass is 9.96. The third-order valence-corrected chi connectivity index (χ3v) is 5.84. The summed E-state index contributed by atoms with van der Waals surface area (Å²) in [6.07, 6.45) is 0.424. The van der Waals surface area contributed by atoms with Gasteiger partial charge in [-0.1, -0.05) is 18.2 Å². The van der Waals surface area contributed by atoms with Crippen molar-refractivity contribution in [2.75, 3.05) is 7.11 Å². The Morgan fingerprint density at radius 2 is 1.80 bits per heavy atom. The summed E-state index contributed by atoms with van der Waals surface area (Å²) in [5.41, 5.74) is 5.93. The number of benzene rings is 2. The highest BCUT2D eigenvalue weighted by Gasteiger charge is 2.26. The van der Waals surface area contributed by atoms with E-state index in [1.165, 1.54) is 13.3 Å². The summed E-state index contributed by atoms with van der Waals surface area (Å²) in [6.45, 7) is 5.54. The molecule has 0 spiro atoms. The number of hydrogen-bond acceptors (Lipinski definition) is 7. The van der Waals surface area contributed by atoms with E-state index in [-0.39, 0.29) is 0 Å². The fourth-order valence-electron chi connectivity index (χ4n) is 4.25. The number of carbonyl (C=O) groups is 1. The van der Waals surface area contributed by atoms with Crippen LogP contribution in [0.2, 0.25) is 0 Å². The molecule has 2 heterocycles. The molecule has 0 aliphatic carbocycles. The first kappa shape index (κ1) is 25.5. The van der Waals surface area contributed by atoms with E-state index in [0.717, 1.165) is 22.2 Å². The Kier molecular flexibility index (Phi) is 7.91. The number of pyridine rings is 1. The van der Waals surface area contributed by atoms with Gasteiger partial charge in [-0.2, -0.15) is 13.7 Å². The zero-order valence-corrected chi connectivity index (χ0v) is 20.4. The smallest absolute Gasteiger partial charge is 0.339 e. The molecule has 0 amide bonds. The minimum Gasteiger partial charge on any atom is -0.465 e. The molecule has 0 saturated carbocycles. The van der Waals surface area contributed by atoms with Crippen molar-refractivity contribution in [3.8, 4) is 11.8 Å². The molecule has 35 heavy (non-hydrogen) atoms. The molecule has 0 aliphatic rings. The molecule has 0 radical (unpaired) electrons. The average Bonchev–Trinajstić information content (AvgIpc) is 3.24. The number of fused-ring (bicyclic) bond motifs is 1. The highest BCUT2D eigenvalue weighted by atomic mass is 32.1. The van der Waals surface area contributed by atoms with Crippen LogP contribution in [0.25, 0.3) is 16.6 Å². The Bertz CT molecular complexity index is 1480. The van der Waals surface area contributed by atoms with Crippen molar-refractivity contribution in [3.05, 3.63) is 93.9 Å². The van der Waals surface area contributed by atoms with Crippen LogP contribution in [0, 0.1) is 32.1 Å². The van der Waals surface area contributed by atoms with E-state index >= 15 is 0 Å². The van der Waals surface area contributed by atoms with E-state index in [4.69, 9.17) is 13.2 Å². The number of hydrogen-bond donors (Lipinski definition) is 1. The lowest BCUT2D eigenvalue weighted by Gasteiger charge is -2.20. The third kappa shape index (κ3) is 4.89. The maximum absolute atomic E-state index is 12.2. The van der Waals surface area contributed by atoms with E-state index < -0.39 is 23.6 Å². The largest absolute Gasteiger partial charge is 0.465 e. The van der Waals surface area contributed by atoms with Gasteiger partial charge in [-0.15, -0.1) is 0 Å². The number of para-hydroxylation sites is 1. The lowest BCUT2D eigenvalue weighted by molar-refractivity contribution is 0.0599. The Morgan fingerprint density at radius 1 is 1.14 bits per heavy atom. The molecule has 4 aromatic rings. The van der Waals surface area contributed by atoms with Gasteiger partial charge in [0, 0.05) is 28.5 Å². The molecule has 1 N–H and O–H groups in total. The molecule has 178 valence electrons. The number of rotatable bonds is 4. The van der Waals surface area contributed by atoms with E-state index in [0.29, 0.717) is 33.6 Å². The molecule has 0 aliphatic heterocycles. The van der Waals surface area contributed by atoms with Gasteiger partial charge in [-0.25, -0.2) is 4.79 Å². The Labute approximate surface area is 206 Å². The van der Waals surface area contributed by atoms with E-state index in [1.54, 1.807) is 13.8 Å². The van der Waals surface area contributed by atoms with Crippen molar-refractivity contribution >= 4 is 28.4 Å². The van der Waals surface area contributed by atoms with Crippen LogP contribution in [0.1, 0.15) is 50.1 Å². The second-order valence-corrected chi connectivity index (χ2v) is 7.97. The van der Waals surface area contributed by atoms with Crippen molar-refractivity contribution in [3.63, 3.8) is 0 Å². The molecule has 4 rings (SSSR count). The molecule has 0 fully saturated rings. The van der Waals surface area contributed by atoms with E-state index in [2.05, 4.69) is 11.1 Å². The van der Waals surface area contributed by atoms with E-state index in [1.807, 2.05) is 60.0 Å². The van der Waals surface area contributed by atoms with Crippen molar-refractivity contribution < 1.29 is 23.1 Å². The number of aryl methyl sites for hydroxylation is 2. The summed E-state index contributed by atoms with van der Waals surface area (Å²) in [6, 6.07) is 17.5. The number of esters is 1. The molecule has 1 unspecified atom stereocenters. The number of nitrogens with zero attached hydrogens (tertiary/aromatic N) is 3. The molecule has 8 nitrogen and oxygen atoms in total. The van der Waals surface area contributed by atoms with Crippen molar-refractivity contribution in [1.82, 2.24) is 9.55 Å². The van der Waals surface area contributed by atoms with E-state index in [9.17, 15) is 15.2 Å². The first-order valence-corrected chi connectivity index (χ1v) is 11.2. The molecule has 2 aromatic heterocycles. The fraction of sp³-hybridized carbons (Fsp3) is 0.192. The minimum atomic E-state index is -1.05. The quantitative estimate of drug-likeness (QED) is 0.430. The normalized spacial score (nSPS) is 11.2. The van der Waals surface area contributed by atoms with Gasteiger partial charge in [0.15, 0.2) is 0 Å². The first-order chi connectivity index (χ1) is 16.8. The lowest BCUT2D eigenvalue weighted by Crippen LogP contribution is -2.14. The van der Waals surface area contributed by atoms with Gasteiger partial charge in [0.05, 0.1) is 35.5 Å². The van der Waals surface area contributed by atoms with Crippen LogP contribution in [0.15, 0.2) is 54.7 Å². The number of carbonyl (C=O) groups excluding carboxylic acids is 1. The Morgan fingerprint density at radius 3 is 2.40 bits per heavy atom. The standard InChI is InChI=1S/C26H23N3O3.O2S/c1-15-10-18(13-27)11-22-20(15)12-23(29(22)19-8-6-5-7-9-19)25(30)24-16(2)21(26(31)32-4)14-28-17(24)3;1-3-2/h5-12,14,25,30H,1-4H3;. The number of methoxy groups -OCH3 is 1. The summed E-state index contributed by atoms with van der Waals surface area (Å²) in [5.74, 6) is -0.499. The number of aliphatic hydroxyl groups is 1. The minimum absolute atomic E-state index is 0.317. The second kappa shape index (κ2) is 10.9. The van der Waals surface area contributed by atoms with Gasteiger partial charge in [-0.3, -0.25) is 4.98 Å². The highest BCUT2D eigenvalue weighted by Crippen LogP contribution is 2.36. The molecular weight excluding hydrogens is 466 g/mol. The molecule has 1 atom stereocenters. The first-order valence-electron chi connectivity index (χ1n) is 10.5. The van der Waals surface area contributed by atoms with Crippen molar-refractivity contribution in [1.29, 1.82) is 5.26 Å². The summed E-state index contributed by atoms with van der Waals surface area (Å²) in [4.78, 5) is 16.6. The predicted octanol–water partition coefficient (Wildman–Crippen LogP) is 4.02. The monoisotopic (exact) mass is 489 g/mol. The summed E-state index contributed by atoms with van der Waals surface area (Å²) < 4.78 is 23.4. The molecular formula is C26H23N3O5S. The number of nitriles is 1. The number of aliphatic hydroxyl groups excluding tert-OH is 1. The maximum Gasteiger partial charge on any atom is 0.339 e. The van der Waals surface area contributed by atoms with Gasteiger partial charge in [0.2, 0.25) is 0 Å². The SMILES string of the molecule is COC(=O)c1cnc(C)c(C(O)c2cc3c(C)cc(C#N)cc3n2-c2ccccc2)c1C.O=S=O. The topological polar surface area (TPSA) is 122 Å². The molecule has 0 bridgehead atoms. The average molecular weight is 490 g/mol. The molecule has 9 heteroatoms. The van der Waals surface area contributed by atoms with Crippen LogP contribution < -0.4 is 0 Å². The van der Waals surface area contributed by atoms with Crippen LogP contribution in [0.4, 0.5) is 0 Å². The van der Waals surface area contributed by atoms with Crippen LogP contribution in [0.3, 0.4) is 0 Å². The Hall–Kier alpha value is -4.13. The summed E-state index contributed by atoms with van der Waals surface area (Å²) in [7, 11) is 1.32. The van der Waals surface area contributed by atoms with Gasteiger partial charge in [0.25, 0.3) is 0 Å². The number of ether oxygens (including phenoxy) is 1. The second-order valence-electron chi connectivity index (χ2n) is 7.84. The van der Waals surface area contributed by atoms with Crippen LogP contribution in [-0.4, -0.2) is 36.2 Å². The summed E-state index contributed by atoms with van der Waals surface area (Å²) >= 11 is -0.750. The zero-order valence-electron chi connectivity index (χ0n) is 19.6. The van der Waals surface area contributed by atoms with Crippen LogP contribution >= 0.6 is 0 Å². The van der Waals surface area contributed by atoms with Gasteiger partial charge >= 0.3 is 17.5 Å². The highest BCUT2D eigenvalue weighted by molar-refractivity contribution is 7.51. The van der Waals surface area contributed by atoms with Gasteiger partial charge < -0.3 is 14.4 Å². The van der Waals surface area contributed by atoms with Crippen LogP contribution in [0.5, 0.6) is 0 Å². The Balaban J connectivity index is 0.00000108. The summed E-state index contributed by atoms with van der Waals surface area (Å²) in [5, 5.41) is 22.0. The van der Waals surface area contributed by atoms with Crippen molar-refractivity contribution in [2.45, 2.75) is 26.9 Å². The fourth-order valence-corrected chi connectivity index (χ4v) is 4.25. The predicted molar refractivity (Wildman–Crippen MR) is 131 cm³/mol. The molecule has 2 aromatic carbocycles.